The lowest BCUT2D eigenvalue weighted by Crippen LogP contribution is -2.16. The highest BCUT2D eigenvalue weighted by Crippen LogP contribution is 2.35. The van der Waals surface area contributed by atoms with Gasteiger partial charge in [0.25, 0.3) is 0 Å². The van der Waals surface area contributed by atoms with E-state index in [0.717, 1.165) is 0 Å². The van der Waals surface area contributed by atoms with E-state index in [1.54, 1.807) is 36.4 Å². The molecule has 0 atom stereocenters. The Hall–Kier alpha value is -2.75. The zero-order valence-electron chi connectivity index (χ0n) is 10.4. The van der Waals surface area contributed by atoms with Crippen LogP contribution in [0.4, 0.5) is 0 Å². The van der Waals surface area contributed by atoms with Gasteiger partial charge in [0.15, 0.2) is 11.6 Å². The van der Waals surface area contributed by atoms with Crippen molar-refractivity contribution in [1.82, 2.24) is 0 Å². The third-order valence-electron chi connectivity index (χ3n) is 3.48. The average molecular weight is 266 g/mol. The Morgan fingerprint density at radius 2 is 1.35 bits per heavy atom. The number of Topliss-reactive ketones (excluding diaryl/α,β-unsaturated/α-hetero) is 2. The minimum absolute atomic E-state index is 0.00740. The summed E-state index contributed by atoms with van der Waals surface area (Å²) in [6.07, 6.45) is 0. The standard InChI is InChI=1S/C16H10O4/c17-14-10-6-2-3-7-11(10)15(18)13(14)9-5-1-4-8-12(9)16(19)20/h1-8,13H,(H,19,20). The van der Waals surface area contributed by atoms with E-state index >= 15 is 0 Å². The summed E-state index contributed by atoms with van der Waals surface area (Å²) in [7, 11) is 0. The molecule has 1 N–H and O–H groups in total. The minimum Gasteiger partial charge on any atom is -0.478 e. The van der Waals surface area contributed by atoms with Crippen molar-refractivity contribution in [2.75, 3.05) is 0 Å². The molecule has 1 aliphatic carbocycles. The normalized spacial score (nSPS) is 14.4. The summed E-state index contributed by atoms with van der Waals surface area (Å²) in [6.45, 7) is 0. The van der Waals surface area contributed by atoms with Gasteiger partial charge in [-0.05, 0) is 11.6 Å². The van der Waals surface area contributed by atoms with Crippen molar-refractivity contribution in [3.8, 4) is 0 Å². The molecular formula is C16H10O4. The minimum atomic E-state index is -1.14. The number of ketones is 2. The van der Waals surface area contributed by atoms with Crippen LogP contribution in [0, 0.1) is 0 Å². The fourth-order valence-electron chi connectivity index (χ4n) is 2.57. The molecule has 0 amide bonds. The average Bonchev–Trinajstić information content (AvgIpc) is 2.71. The molecule has 0 saturated heterocycles. The highest BCUT2D eigenvalue weighted by molar-refractivity contribution is 6.30. The number of carbonyl (C=O) groups is 3. The van der Waals surface area contributed by atoms with E-state index in [1.807, 2.05) is 0 Å². The van der Waals surface area contributed by atoms with E-state index in [4.69, 9.17) is 0 Å². The summed E-state index contributed by atoms with van der Waals surface area (Å²) < 4.78 is 0. The maximum atomic E-state index is 12.4. The highest BCUT2D eigenvalue weighted by Gasteiger charge is 2.40. The molecule has 0 saturated carbocycles. The van der Waals surface area contributed by atoms with E-state index in [9.17, 15) is 19.5 Å². The number of carbonyl (C=O) groups excluding carboxylic acids is 2. The van der Waals surface area contributed by atoms with Crippen LogP contribution < -0.4 is 0 Å². The Labute approximate surface area is 114 Å². The van der Waals surface area contributed by atoms with Gasteiger partial charge >= 0.3 is 5.97 Å². The van der Waals surface area contributed by atoms with Crippen molar-refractivity contribution < 1.29 is 19.5 Å². The molecule has 0 heterocycles. The zero-order valence-corrected chi connectivity index (χ0v) is 10.4. The van der Waals surface area contributed by atoms with E-state index in [1.165, 1.54) is 12.1 Å². The number of carboxylic acids is 1. The molecule has 20 heavy (non-hydrogen) atoms. The molecule has 98 valence electrons. The zero-order chi connectivity index (χ0) is 14.3. The molecule has 0 spiro atoms. The summed E-state index contributed by atoms with van der Waals surface area (Å²) in [4.78, 5) is 36.0. The molecule has 2 aromatic carbocycles. The number of hydrogen-bond donors (Lipinski definition) is 1. The van der Waals surface area contributed by atoms with Crippen LogP contribution in [0.3, 0.4) is 0 Å². The number of rotatable bonds is 2. The molecule has 0 aromatic heterocycles. The SMILES string of the molecule is O=C(O)c1ccccc1C1C(=O)c2ccccc2C1=O. The van der Waals surface area contributed by atoms with Gasteiger partial charge in [0.2, 0.25) is 0 Å². The first kappa shape index (κ1) is 12.3. The molecule has 1 aliphatic rings. The number of benzene rings is 2. The van der Waals surface area contributed by atoms with E-state index < -0.39 is 11.9 Å². The van der Waals surface area contributed by atoms with Gasteiger partial charge in [0, 0.05) is 11.1 Å². The second-order valence-corrected chi connectivity index (χ2v) is 4.60. The van der Waals surface area contributed by atoms with E-state index in [2.05, 4.69) is 0 Å². The quantitative estimate of drug-likeness (QED) is 0.848. The molecule has 0 fully saturated rings. The largest absolute Gasteiger partial charge is 0.478 e. The van der Waals surface area contributed by atoms with Crippen LogP contribution in [0.5, 0.6) is 0 Å². The van der Waals surface area contributed by atoms with Gasteiger partial charge in [0.05, 0.1) is 5.56 Å². The van der Waals surface area contributed by atoms with Crippen LogP contribution in [0.1, 0.15) is 42.6 Å². The van der Waals surface area contributed by atoms with Crippen LogP contribution in [-0.2, 0) is 0 Å². The number of fused-ring (bicyclic) bond motifs is 1. The van der Waals surface area contributed by atoms with Crippen molar-refractivity contribution in [3.63, 3.8) is 0 Å². The van der Waals surface area contributed by atoms with Gasteiger partial charge in [-0.2, -0.15) is 0 Å². The summed E-state index contributed by atoms with van der Waals surface area (Å²) in [5, 5.41) is 9.19. The Balaban J connectivity index is 2.17. The molecule has 0 aliphatic heterocycles. The predicted octanol–water partition coefficient (Wildman–Crippen LogP) is 2.55. The molecular weight excluding hydrogens is 256 g/mol. The Bertz CT molecular complexity index is 711. The molecule has 4 heteroatoms. The Morgan fingerprint density at radius 1 is 0.850 bits per heavy atom. The lowest BCUT2D eigenvalue weighted by Gasteiger charge is -2.10. The molecule has 0 unspecified atom stereocenters. The van der Waals surface area contributed by atoms with Crippen molar-refractivity contribution >= 4 is 17.5 Å². The van der Waals surface area contributed by atoms with Crippen molar-refractivity contribution in [1.29, 1.82) is 0 Å². The van der Waals surface area contributed by atoms with Crippen molar-refractivity contribution in [2.45, 2.75) is 5.92 Å². The van der Waals surface area contributed by atoms with Gasteiger partial charge in [-0.1, -0.05) is 42.5 Å². The van der Waals surface area contributed by atoms with Gasteiger partial charge in [-0.3, -0.25) is 9.59 Å². The first-order valence-electron chi connectivity index (χ1n) is 6.11. The van der Waals surface area contributed by atoms with Gasteiger partial charge in [-0.25, -0.2) is 4.79 Å². The van der Waals surface area contributed by atoms with Crippen LogP contribution in [-0.4, -0.2) is 22.6 Å². The maximum Gasteiger partial charge on any atom is 0.336 e. The Kier molecular flexibility index (Phi) is 2.71. The predicted molar refractivity (Wildman–Crippen MR) is 71.2 cm³/mol. The first-order chi connectivity index (χ1) is 9.61. The smallest absolute Gasteiger partial charge is 0.336 e. The van der Waals surface area contributed by atoms with E-state index in [0.29, 0.717) is 11.1 Å². The lowest BCUT2D eigenvalue weighted by atomic mass is 9.90. The summed E-state index contributed by atoms with van der Waals surface area (Å²) in [6, 6.07) is 12.7. The topological polar surface area (TPSA) is 71.4 Å². The van der Waals surface area contributed by atoms with Gasteiger partial charge in [0.1, 0.15) is 5.92 Å². The molecule has 0 radical (unpaired) electrons. The van der Waals surface area contributed by atoms with Crippen LogP contribution >= 0.6 is 0 Å². The van der Waals surface area contributed by atoms with Crippen molar-refractivity contribution in [2.24, 2.45) is 0 Å². The van der Waals surface area contributed by atoms with Crippen molar-refractivity contribution in [3.05, 3.63) is 70.8 Å². The van der Waals surface area contributed by atoms with Crippen LogP contribution in [0.25, 0.3) is 0 Å². The van der Waals surface area contributed by atoms with Crippen LogP contribution in [0.2, 0.25) is 0 Å². The number of aromatic carboxylic acids is 1. The maximum absolute atomic E-state index is 12.4. The fourth-order valence-corrected chi connectivity index (χ4v) is 2.57. The fraction of sp³-hybridized carbons (Fsp3) is 0.0625. The third kappa shape index (κ3) is 1.66. The number of hydrogen-bond acceptors (Lipinski definition) is 3. The Morgan fingerprint density at radius 3 is 1.90 bits per heavy atom. The third-order valence-corrected chi connectivity index (χ3v) is 3.48. The molecule has 0 bridgehead atoms. The molecule has 2 aromatic rings. The second kappa shape index (κ2) is 4.42. The van der Waals surface area contributed by atoms with Crippen LogP contribution in [0.15, 0.2) is 48.5 Å². The summed E-state index contributed by atoms with van der Waals surface area (Å²) >= 11 is 0. The van der Waals surface area contributed by atoms with E-state index in [-0.39, 0.29) is 22.7 Å². The molecule has 3 rings (SSSR count). The highest BCUT2D eigenvalue weighted by atomic mass is 16.4. The number of carboxylic acid groups (broad SMARTS) is 1. The second-order valence-electron chi connectivity index (χ2n) is 4.60. The summed E-state index contributed by atoms with van der Waals surface area (Å²) in [5.74, 6) is -2.85. The first-order valence-corrected chi connectivity index (χ1v) is 6.11. The van der Waals surface area contributed by atoms with Gasteiger partial charge in [-0.15, -0.1) is 0 Å². The molecule has 4 nitrogen and oxygen atoms in total. The monoisotopic (exact) mass is 266 g/mol. The summed E-state index contributed by atoms with van der Waals surface area (Å²) in [5.41, 5.74) is 0.976. The lowest BCUT2D eigenvalue weighted by molar-refractivity contribution is 0.0695. The van der Waals surface area contributed by atoms with Gasteiger partial charge < -0.3 is 5.11 Å².